The molecule has 0 unspecified atom stereocenters. The van der Waals surface area contributed by atoms with Crippen LogP contribution in [0.5, 0.6) is 11.5 Å². The first-order valence-electron chi connectivity index (χ1n) is 6.31. The molecular weight excluding hydrogens is 252 g/mol. The van der Waals surface area contributed by atoms with Crippen molar-refractivity contribution in [2.24, 2.45) is 0 Å². The summed E-state index contributed by atoms with van der Waals surface area (Å²) in [7, 11) is 1.55. The fraction of sp³-hybridized carbons (Fsp3) is 0.118. The maximum atomic E-state index is 11.0. The maximum absolute atomic E-state index is 11.0. The highest BCUT2D eigenvalue weighted by molar-refractivity contribution is 5.81. The van der Waals surface area contributed by atoms with Gasteiger partial charge in [-0.15, -0.1) is 0 Å². The number of rotatable bonds is 6. The summed E-state index contributed by atoms with van der Waals surface area (Å²) in [6, 6.07) is 15.2. The zero-order valence-electron chi connectivity index (χ0n) is 11.3. The number of methoxy groups -OCH3 is 1. The number of hydrogen-bond acceptors (Lipinski definition) is 3. The molecule has 0 radical (unpaired) electrons. The number of benzene rings is 2. The minimum absolute atomic E-state index is 0.371. The van der Waals surface area contributed by atoms with E-state index in [1.165, 1.54) is 0 Å². The van der Waals surface area contributed by atoms with E-state index >= 15 is 0 Å². The minimum Gasteiger partial charge on any atom is -0.493 e. The normalized spacial score (nSPS) is 10.4. The van der Waals surface area contributed by atoms with Gasteiger partial charge in [-0.1, -0.05) is 42.5 Å². The summed E-state index contributed by atoms with van der Waals surface area (Å²) < 4.78 is 10.8. The first kappa shape index (κ1) is 13.9. The molecule has 2 rings (SSSR count). The highest BCUT2D eigenvalue weighted by atomic mass is 16.5. The Hall–Kier alpha value is -2.55. The number of carbonyl (C=O) groups is 1. The van der Waals surface area contributed by atoms with Crippen LogP contribution in [-0.2, 0) is 0 Å². The van der Waals surface area contributed by atoms with Gasteiger partial charge in [0.25, 0.3) is 0 Å². The summed E-state index contributed by atoms with van der Waals surface area (Å²) in [4.78, 5) is 11.0. The molecule has 20 heavy (non-hydrogen) atoms. The molecule has 0 bridgehead atoms. The minimum atomic E-state index is 0.371. The molecule has 3 nitrogen and oxygen atoms in total. The molecule has 3 heteroatoms. The van der Waals surface area contributed by atoms with Gasteiger partial charge in [0.2, 0.25) is 0 Å². The Morgan fingerprint density at radius 3 is 2.55 bits per heavy atom. The highest BCUT2D eigenvalue weighted by Crippen LogP contribution is 2.29. The van der Waals surface area contributed by atoms with Crippen LogP contribution < -0.4 is 9.47 Å². The van der Waals surface area contributed by atoms with E-state index in [0.717, 1.165) is 11.8 Å². The largest absolute Gasteiger partial charge is 0.493 e. The van der Waals surface area contributed by atoms with Crippen LogP contribution in [0.4, 0.5) is 0 Å². The summed E-state index contributed by atoms with van der Waals surface area (Å²) in [5.41, 5.74) is 1.59. The third-order valence-corrected chi connectivity index (χ3v) is 2.79. The smallest absolute Gasteiger partial charge is 0.172 e. The molecule has 0 amide bonds. The lowest BCUT2D eigenvalue weighted by atomic mass is 10.2. The van der Waals surface area contributed by atoms with Crippen molar-refractivity contribution < 1.29 is 14.3 Å². The Kier molecular flexibility index (Phi) is 4.95. The summed E-state index contributed by atoms with van der Waals surface area (Å²) in [6.45, 7) is 0.371. The summed E-state index contributed by atoms with van der Waals surface area (Å²) in [5, 5.41) is 0. The fourth-order valence-corrected chi connectivity index (χ4v) is 1.82. The monoisotopic (exact) mass is 268 g/mol. The lowest BCUT2D eigenvalue weighted by Gasteiger charge is -2.10. The van der Waals surface area contributed by atoms with Crippen molar-refractivity contribution in [3.63, 3.8) is 0 Å². The summed E-state index contributed by atoms with van der Waals surface area (Å²) in [5.74, 6) is 1.03. The van der Waals surface area contributed by atoms with Crippen molar-refractivity contribution in [2.75, 3.05) is 13.7 Å². The van der Waals surface area contributed by atoms with Crippen LogP contribution in [0.3, 0.4) is 0 Å². The number of carbonyl (C=O) groups excluding carboxylic acids is 1. The lowest BCUT2D eigenvalue weighted by molar-refractivity contribution is 0.111. The van der Waals surface area contributed by atoms with Gasteiger partial charge in [-0.25, -0.2) is 0 Å². The van der Waals surface area contributed by atoms with Gasteiger partial charge in [0.1, 0.15) is 6.61 Å². The van der Waals surface area contributed by atoms with Crippen molar-refractivity contribution in [1.82, 2.24) is 0 Å². The Bertz CT molecular complexity index is 588. The van der Waals surface area contributed by atoms with E-state index in [2.05, 4.69) is 0 Å². The second kappa shape index (κ2) is 7.14. The quantitative estimate of drug-likeness (QED) is 0.751. The Balaban J connectivity index is 2.04. The molecule has 0 saturated carbocycles. The van der Waals surface area contributed by atoms with Crippen molar-refractivity contribution in [2.45, 2.75) is 0 Å². The Morgan fingerprint density at radius 2 is 1.85 bits per heavy atom. The molecule has 0 aliphatic heterocycles. The molecule has 0 aliphatic carbocycles. The summed E-state index contributed by atoms with van der Waals surface area (Å²) >= 11 is 0. The molecule has 0 spiro atoms. The molecule has 0 aliphatic rings. The standard InChI is InChI=1S/C17H16O3/c1-19-16-11-5-10-15(13-18)17(16)20-12-6-9-14-7-3-2-4-8-14/h2-11,13H,12H2,1H3. The molecule has 102 valence electrons. The topological polar surface area (TPSA) is 35.5 Å². The number of ether oxygens (including phenoxy) is 2. The van der Waals surface area contributed by atoms with Crippen LogP contribution >= 0.6 is 0 Å². The Morgan fingerprint density at radius 1 is 1.05 bits per heavy atom. The van der Waals surface area contributed by atoms with Crippen LogP contribution in [0.2, 0.25) is 0 Å². The predicted octanol–water partition coefficient (Wildman–Crippen LogP) is 3.60. The van der Waals surface area contributed by atoms with Gasteiger partial charge in [0.05, 0.1) is 12.7 Å². The van der Waals surface area contributed by atoms with Crippen LogP contribution in [0.25, 0.3) is 6.08 Å². The molecule has 0 aromatic heterocycles. The molecule has 0 saturated heterocycles. The van der Waals surface area contributed by atoms with Crippen LogP contribution in [0, 0.1) is 0 Å². The second-order valence-electron chi connectivity index (χ2n) is 4.12. The average molecular weight is 268 g/mol. The van der Waals surface area contributed by atoms with Gasteiger partial charge in [-0.3, -0.25) is 4.79 Å². The first-order valence-corrected chi connectivity index (χ1v) is 6.31. The average Bonchev–Trinajstić information content (AvgIpc) is 2.52. The molecule has 2 aromatic rings. The van der Waals surface area contributed by atoms with E-state index in [1.807, 2.05) is 42.5 Å². The molecule has 0 fully saturated rings. The van der Waals surface area contributed by atoms with Gasteiger partial charge in [-0.2, -0.15) is 0 Å². The highest BCUT2D eigenvalue weighted by Gasteiger charge is 2.08. The van der Waals surface area contributed by atoms with E-state index in [4.69, 9.17) is 9.47 Å². The van der Waals surface area contributed by atoms with Crippen LogP contribution in [0.1, 0.15) is 15.9 Å². The number of aldehydes is 1. The number of hydrogen-bond donors (Lipinski definition) is 0. The van der Waals surface area contributed by atoms with E-state index in [-0.39, 0.29) is 0 Å². The SMILES string of the molecule is COc1cccc(C=O)c1OCC=Cc1ccccc1. The maximum Gasteiger partial charge on any atom is 0.172 e. The van der Waals surface area contributed by atoms with Crippen molar-refractivity contribution in [3.05, 3.63) is 65.7 Å². The van der Waals surface area contributed by atoms with E-state index < -0.39 is 0 Å². The van der Waals surface area contributed by atoms with Gasteiger partial charge < -0.3 is 9.47 Å². The summed E-state index contributed by atoms with van der Waals surface area (Å²) in [6.07, 6.45) is 4.63. The van der Waals surface area contributed by atoms with Gasteiger partial charge in [-0.05, 0) is 23.8 Å². The molecular formula is C17H16O3. The fourth-order valence-electron chi connectivity index (χ4n) is 1.82. The van der Waals surface area contributed by atoms with Gasteiger partial charge in [0.15, 0.2) is 17.8 Å². The van der Waals surface area contributed by atoms with E-state index in [0.29, 0.717) is 23.7 Å². The van der Waals surface area contributed by atoms with Crippen LogP contribution in [-0.4, -0.2) is 20.0 Å². The van der Waals surface area contributed by atoms with E-state index in [1.54, 1.807) is 25.3 Å². The van der Waals surface area contributed by atoms with Gasteiger partial charge >= 0.3 is 0 Å². The molecule has 2 aromatic carbocycles. The van der Waals surface area contributed by atoms with Crippen molar-refractivity contribution in [3.8, 4) is 11.5 Å². The zero-order valence-corrected chi connectivity index (χ0v) is 11.3. The molecule has 0 atom stereocenters. The van der Waals surface area contributed by atoms with Crippen molar-refractivity contribution in [1.29, 1.82) is 0 Å². The Labute approximate surface area is 118 Å². The molecule has 0 N–H and O–H groups in total. The first-order chi connectivity index (χ1) is 9.85. The van der Waals surface area contributed by atoms with E-state index in [9.17, 15) is 4.79 Å². The second-order valence-corrected chi connectivity index (χ2v) is 4.12. The number of para-hydroxylation sites is 1. The van der Waals surface area contributed by atoms with Gasteiger partial charge in [0, 0.05) is 0 Å². The lowest BCUT2D eigenvalue weighted by Crippen LogP contribution is -1.99. The third kappa shape index (κ3) is 3.48. The molecule has 0 heterocycles. The van der Waals surface area contributed by atoms with Crippen LogP contribution in [0.15, 0.2) is 54.6 Å². The predicted molar refractivity (Wildman–Crippen MR) is 79.4 cm³/mol. The third-order valence-electron chi connectivity index (χ3n) is 2.79. The van der Waals surface area contributed by atoms with Crippen molar-refractivity contribution >= 4 is 12.4 Å². The zero-order chi connectivity index (χ0) is 14.2.